The van der Waals surface area contributed by atoms with E-state index in [0.717, 1.165) is 0 Å². The molecule has 1 fully saturated rings. The third-order valence-corrected chi connectivity index (χ3v) is 2.88. The molecule has 1 rings (SSSR count). The van der Waals surface area contributed by atoms with Gasteiger partial charge in [0.2, 0.25) is 0 Å². The van der Waals surface area contributed by atoms with Crippen molar-refractivity contribution >= 4 is 5.97 Å². The third kappa shape index (κ3) is 0.795. The van der Waals surface area contributed by atoms with Crippen LogP contribution in [0.2, 0.25) is 0 Å². The van der Waals surface area contributed by atoms with Gasteiger partial charge in [-0.25, -0.2) is 0 Å². The van der Waals surface area contributed by atoms with Crippen LogP contribution in [0, 0.1) is 5.41 Å². The predicted molar refractivity (Wildman–Crippen MR) is 39.0 cm³/mol. The van der Waals surface area contributed by atoms with Crippen LogP contribution >= 0.6 is 0 Å². The molecule has 4 nitrogen and oxygen atoms in total. The summed E-state index contributed by atoms with van der Waals surface area (Å²) in [4.78, 5) is 10.6. The highest BCUT2D eigenvalue weighted by Gasteiger charge is 2.62. The normalized spacial score (nSPS) is 41.3. The third-order valence-electron chi connectivity index (χ3n) is 2.88. The first-order valence-corrected chi connectivity index (χ1v) is 3.53. The molecule has 1 aliphatic rings. The van der Waals surface area contributed by atoms with E-state index in [1.54, 1.807) is 13.8 Å². The van der Waals surface area contributed by atoms with Gasteiger partial charge in [0.05, 0.1) is 6.10 Å². The molecule has 4 N–H and O–H groups in total. The topological polar surface area (TPSA) is 83.5 Å². The number of hydrogen-bond donors (Lipinski definition) is 3. The zero-order valence-corrected chi connectivity index (χ0v) is 6.66. The summed E-state index contributed by atoms with van der Waals surface area (Å²) in [6.45, 7) is 3.32. The first kappa shape index (κ1) is 8.49. The Kier molecular flexibility index (Phi) is 1.51. The van der Waals surface area contributed by atoms with Crippen LogP contribution in [0.3, 0.4) is 0 Å². The molecule has 1 aliphatic carbocycles. The molecule has 11 heavy (non-hydrogen) atoms. The first-order valence-electron chi connectivity index (χ1n) is 3.53. The highest BCUT2D eigenvalue weighted by molar-refractivity contribution is 5.81. The van der Waals surface area contributed by atoms with E-state index < -0.39 is 23.0 Å². The molecule has 1 saturated carbocycles. The number of aliphatic hydroxyl groups excluding tert-OH is 1. The van der Waals surface area contributed by atoms with Crippen molar-refractivity contribution in [3.63, 3.8) is 0 Å². The summed E-state index contributed by atoms with van der Waals surface area (Å²) in [5, 5.41) is 17.9. The average Bonchev–Trinajstić information content (AvgIpc) is 1.87. The van der Waals surface area contributed by atoms with Gasteiger partial charge in [0.1, 0.15) is 5.54 Å². The maximum absolute atomic E-state index is 10.6. The molecule has 4 heteroatoms. The summed E-state index contributed by atoms with van der Waals surface area (Å²) in [6.07, 6.45) is -0.446. The predicted octanol–water partition coefficient (Wildman–Crippen LogP) is -0.441. The fourth-order valence-electron chi connectivity index (χ4n) is 1.35. The molecular weight excluding hydrogens is 146 g/mol. The Bertz CT molecular complexity index is 202. The van der Waals surface area contributed by atoms with Gasteiger partial charge in [-0.15, -0.1) is 0 Å². The summed E-state index contributed by atoms with van der Waals surface area (Å²) in [7, 11) is 0. The van der Waals surface area contributed by atoms with Crippen molar-refractivity contribution in [3.8, 4) is 0 Å². The molecule has 0 bridgehead atoms. The zero-order valence-electron chi connectivity index (χ0n) is 6.66. The minimum Gasteiger partial charge on any atom is -0.480 e. The van der Waals surface area contributed by atoms with E-state index in [1.165, 1.54) is 0 Å². The van der Waals surface area contributed by atoms with Crippen LogP contribution in [0.15, 0.2) is 0 Å². The number of carboxylic acid groups (broad SMARTS) is 1. The van der Waals surface area contributed by atoms with Crippen LogP contribution in [0.25, 0.3) is 0 Å². The van der Waals surface area contributed by atoms with Crippen LogP contribution in [0.4, 0.5) is 0 Å². The van der Waals surface area contributed by atoms with Gasteiger partial charge in [-0.2, -0.15) is 0 Å². The number of hydrogen-bond acceptors (Lipinski definition) is 3. The minimum absolute atomic E-state index is 0.148. The second-order valence-electron chi connectivity index (χ2n) is 3.72. The Hall–Kier alpha value is -0.610. The maximum atomic E-state index is 10.6. The molecule has 0 spiro atoms. The standard InChI is InChI=1S/C7H13NO3/c1-6(2)4(9)3-7(6,8)5(10)11/h4,9H,3,8H2,1-2H3,(H,10,11)/t4-,7-/m0/s1. The smallest absolute Gasteiger partial charge is 0.324 e. The Labute approximate surface area is 65.0 Å². The summed E-state index contributed by atoms with van der Waals surface area (Å²) in [6, 6.07) is 0. The van der Waals surface area contributed by atoms with E-state index in [4.69, 9.17) is 10.8 Å². The van der Waals surface area contributed by atoms with Gasteiger partial charge in [0.15, 0.2) is 0 Å². The second-order valence-corrected chi connectivity index (χ2v) is 3.72. The van der Waals surface area contributed by atoms with E-state index in [1.807, 2.05) is 0 Å². The molecule has 0 aliphatic heterocycles. The SMILES string of the molecule is CC1(C)[C@@H](O)C[C@]1(N)C(=O)O. The molecule has 0 radical (unpaired) electrons. The molecule has 0 heterocycles. The van der Waals surface area contributed by atoms with Crippen LogP contribution < -0.4 is 5.73 Å². The number of nitrogens with two attached hydrogens (primary N) is 1. The number of rotatable bonds is 1. The van der Waals surface area contributed by atoms with Crippen LogP contribution in [-0.2, 0) is 4.79 Å². The Morgan fingerprint density at radius 2 is 2.09 bits per heavy atom. The zero-order chi connectivity index (χ0) is 8.86. The summed E-state index contributed by atoms with van der Waals surface area (Å²) in [5.41, 5.74) is 3.60. The molecule has 0 amide bonds. The Morgan fingerprint density at radius 1 is 1.64 bits per heavy atom. The minimum atomic E-state index is -1.24. The summed E-state index contributed by atoms with van der Waals surface area (Å²) >= 11 is 0. The largest absolute Gasteiger partial charge is 0.480 e. The molecule has 2 atom stereocenters. The first-order chi connectivity index (χ1) is 4.82. The van der Waals surface area contributed by atoms with Gasteiger partial charge in [-0.1, -0.05) is 13.8 Å². The van der Waals surface area contributed by atoms with Gasteiger partial charge < -0.3 is 15.9 Å². The monoisotopic (exact) mass is 159 g/mol. The lowest BCUT2D eigenvalue weighted by atomic mass is 9.55. The van der Waals surface area contributed by atoms with Crippen LogP contribution in [-0.4, -0.2) is 27.8 Å². The second kappa shape index (κ2) is 1.95. The molecule has 0 aromatic carbocycles. The van der Waals surface area contributed by atoms with Crippen molar-refractivity contribution < 1.29 is 15.0 Å². The van der Waals surface area contributed by atoms with E-state index >= 15 is 0 Å². The van der Waals surface area contributed by atoms with Gasteiger partial charge in [0.25, 0.3) is 0 Å². The molecular formula is C7H13NO3. The van der Waals surface area contributed by atoms with E-state index in [2.05, 4.69) is 0 Å². The van der Waals surface area contributed by atoms with Gasteiger partial charge in [0, 0.05) is 11.8 Å². The summed E-state index contributed by atoms with van der Waals surface area (Å²) in [5.74, 6) is -1.03. The Balaban J connectivity index is 2.87. The lowest BCUT2D eigenvalue weighted by Gasteiger charge is -2.54. The number of carboxylic acids is 1. The molecule has 0 unspecified atom stereocenters. The highest BCUT2D eigenvalue weighted by Crippen LogP contribution is 2.47. The van der Waals surface area contributed by atoms with E-state index in [-0.39, 0.29) is 6.42 Å². The number of aliphatic hydroxyl groups is 1. The van der Waals surface area contributed by atoms with Crippen molar-refractivity contribution in [1.82, 2.24) is 0 Å². The van der Waals surface area contributed by atoms with Crippen molar-refractivity contribution in [2.24, 2.45) is 11.1 Å². The van der Waals surface area contributed by atoms with Crippen molar-refractivity contribution in [2.45, 2.75) is 31.9 Å². The van der Waals surface area contributed by atoms with Crippen molar-refractivity contribution in [1.29, 1.82) is 0 Å². The molecule has 0 aromatic heterocycles. The van der Waals surface area contributed by atoms with Crippen LogP contribution in [0.1, 0.15) is 20.3 Å². The molecule has 0 saturated heterocycles. The van der Waals surface area contributed by atoms with E-state index in [0.29, 0.717) is 0 Å². The van der Waals surface area contributed by atoms with Crippen molar-refractivity contribution in [3.05, 3.63) is 0 Å². The van der Waals surface area contributed by atoms with Gasteiger partial charge in [-0.3, -0.25) is 4.79 Å². The van der Waals surface area contributed by atoms with E-state index in [9.17, 15) is 9.90 Å². The number of aliphatic carboxylic acids is 1. The van der Waals surface area contributed by atoms with Gasteiger partial charge >= 0.3 is 5.97 Å². The van der Waals surface area contributed by atoms with Crippen molar-refractivity contribution in [2.75, 3.05) is 0 Å². The highest BCUT2D eigenvalue weighted by atomic mass is 16.4. The summed E-state index contributed by atoms with van der Waals surface area (Å²) < 4.78 is 0. The molecule has 64 valence electrons. The fourth-order valence-corrected chi connectivity index (χ4v) is 1.35. The lowest BCUT2D eigenvalue weighted by molar-refractivity contribution is -0.175. The Morgan fingerprint density at radius 3 is 2.18 bits per heavy atom. The van der Waals surface area contributed by atoms with Crippen LogP contribution in [0.5, 0.6) is 0 Å². The number of carbonyl (C=O) groups is 1. The van der Waals surface area contributed by atoms with Gasteiger partial charge in [-0.05, 0) is 0 Å². The fraction of sp³-hybridized carbons (Fsp3) is 0.857. The lowest BCUT2D eigenvalue weighted by Crippen LogP contribution is -2.73. The average molecular weight is 159 g/mol. The molecule has 0 aromatic rings. The maximum Gasteiger partial charge on any atom is 0.324 e. The quantitative estimate of drug-likeness (QED) is 0.484.